The third-order valence-electron chi connectivity index (χ3n) is 3.45. The van der Waals surface area contributed by atoms with E-state index in [-0.39, 0.29) is 10.6 Å². The van der Waals surface area contributed by atoms with E-state index in [2.05, 4.69) is 0 Å². The van der Waals surface area contributed by atoms with Crippen molar-refractivity contribution in [3.8, 4) is 0 Å². The first kappa shape index (κ1) is 13.9. The Bertz CT molecular complexity index is 565. The van der Waals surface area contributed by atoms with Crippen molar-refractivity contribution in [1.82, 2.24) is 0 Å². The summed E-state index contributed by atoms with van der Waals surface area (Å²) >= 11 is 0. The fraction of sp³-hybridized carbons (Fsp3) is 0.462. The van der Waals surface area contributed by atoms with Crippen molar-refractivity contribution in [3.63, 3.8) is 0 Å². The van der Waals surface area contributed by atoms with E-state index in [4.69, 9.17) is 5.11 Å². The Hall–Kier alpha value is -1.56. The predicted octanol–water partition coefficient (Wildman–Crippen LogP) is 1.53. The Morgan fingerprint density at radius 1 is 1.37 bits per heavy atom. The van der Waals surface area contributed by atoms with E-state index in [0.717, 1.165) is 12.1 Å². The summed E-state index contributed by atoms with van der Waals surface area (Å²) in [5.41, 5.74) is 0.764. The van der Waals surface area contributed by atoms with Gasteiger partial charge in [0.25, 0.3) is 0 Å². The second-order valence-corrected chi connectivity index (χ2v) is 6.87. The number of hydrogen-bond acceptors (Lipinski definition) is 4. The lowest BCUT2D eigenvalue weighted by Crippen LogP contribution is -2.35. The second-order valence-electron chi connectivity index (χ2n) is 4.59. The SMILES string of the molecule is CCS(=O)(=O)c1ccc(N2CCC[C@H]2C(=O)O)cc1. The van der Waals surface area contributed by atoms with Crippen molar-refractivity contribution < 1.29 is 18.3 Å². The highest BCUT2D eigenvalue weighted by molar-refractivity contribution is 7.91. The van der Waals surface area contributed by atoms with Gasteiger partial charge in [0, 0.05) is 12.2 Å². The fourth-order valence-corrected chi connectivity index (χ4v) is 3.23. The van der Waals surface area contributed by atoms with Crippen molar-refractivity contribution >= 4 is 21.5 Å². The van der Waals surface area contributed by atoms with Crippen LogP contribution in [0.4, 0.5) is 5.69 Å². The van der Waals surface area contributed by atoms with Crippen LogP contribution in [0.15, 0.2) is 29.2 Å². The number of benzene rings is 1. The summed E-state index contributed by atoms with van der Waals surface area (Å²) in [5.74, 6) is -0.767. The van der Waals surface area contributed by atoms with Crippen LogP contribution in [0.25, 0.3) is 0 Å². The molecule has 1 aliphatic heterocycles. The van der Waals surface area contributed by atoms with Crippen LogP contribution in [-0.2, 0) is 14.6 Å². The zero-order valence-corrected chi connectivity index (χ0v) is 11.6. The molecule has 0 spiro atoms. The number of carboxylic acid groups (broad SMARTS) is 1. The third-order valence-corrected chi connectivity index (χ3v) is 5.20. The van der Waals surface area contributed by atoms with Gasteiger partial charge in [-0.05, 0) is 37.1 Å². The van der Waals surface area contributed by atoms with E-state index in [9.17, 15) is 13.2 Å². The third kappa shape index (κ3) is 2.73. The molecule has 1 aromatic rings. The Kier molecular flexibility index (Phi) is 3.80. The fourth-order valence-electron chi connectivity index (χ4n) is 2.34. The van der Waals surface area contributed by atoms with Gasteiger partial charge in [-0.3, -0.25) is 0 Å². The lowest BCUT2D eigenvalue weighted by atomic mass is 10.2. The van der Waals surface area contributed by atoms with Gasteiger partial charge in [-0.1, -0.05) is 6.92 Å². The van der Waals surface area contributed by atoms with Crippen LogP contribution in [0, 0.1) is 0 Å². The van der Waals surface area contributed by atoms with Crippen molar-refractivity contribution in [3.05, 3.63) is 24.3 Å². The first-order chi connectivity index (χ1) is 8.95. The first-order valence-electron chi connectivity index (χ1n) is 6.28. The molecule has 5 nitrogen and oxygen atoms in total. The molecule has 104 valence electrons. The van der Waals surface area contributed by atoms with E-state index < -0.39 is 21.8 Å². The molecule has 0 saturated carbocycles. The Morgan fingerprint density at radius 3 is 2.53 bits per heavy atom. The highest BCUT2D eigenvalue weighted by Gasteiger charge is 2.30. The lowest BCUT2D eigenvalue weighted by molar-refractivity contribution is -0.138. The van der Waals surface area contributed by atoms with Gasteiger partial charge >= 0.3 is 5.97 Å². The summed E-state index contributed by atoms with van der Waals surface area (Å²) in [7, 11) is -3.20. The van der Waals surface area contributed by atoms with Crippen LogP contribution in [0.5, 0.6) is 0 Å². The van der Waals surface area contributed by atoms with Crippen molar-refractivity contribution in [2.75, 3.05) is 17.2 Å². The molecule has 1 N–H and O–H groups in total. The molecule has 1 saturated heterocycles. The number of aliphatic carboxylic acids is 1. The molecular weight excluding hydrogens is 266 g/mol. The molecule has 19 heavy (non-hydrogen) atoms. The number of nitrogens with zero attached hydrogens (tertiary/aromatic N) is 1. The molecule has 1 fully saturated rings. The van der Waals surface area contributed by atoms with E-state index in [1.807, 2.05) is 4.90 Å². The maximum absolute atomic E-state index is 11.7. The summed E-state index contributed by atoms with van der Waals surface area (Å²) in [6.45, 7) is 2.29. The van der Waals surface area contributed by atoms with Crippen LogP contribution in [0.1, 0.15) is 19.8 Å². The van der Waals surface area contributed by atoms with Crippen molar-refractivity contribution in [2.24, 2.45) is 0 Å². The van der Waals surface area contributed by atoms with Gasteiger partial charge in [0.15, 0.2) is 9.84 Å². The van der Waals surface area contributed by atoms with Gasteiger partial charge in [0.1, 0.15) is 6.04 Å². The normalized spacial score (nSPS) is 19.6. The molecule has 0 radical (unpaired) electrons. The number of anilines is 1. The Morgan fingerprint density at radius 2 is 2.00 bits per heavy atom. The second kappa shape index (κ2) is 5.21. The van der Waals surface area contributed by atoms with Crippen molar-refractivity contribution in [1.29, 1.82) is 0 Å². The van der Waals surface area contributed by atoms with Gasteiger partial charge in [-0.25, -0.2) is 13.2 Å². The first-order valence-corrected chi connectivity index (χ1v) is 7.93. The van der Waals surface area contributed by atoms with Crippen LogP contribution >= 0.6 is 0 Å². The molecule has 2 rings (SSSR count). The monoisotopic (exact) mass is 283 g/mol. The summed E-state index contributed by atoms with van der Waals surface area (Å²) < 4.78 is 23.4. The standard InChI is InChI=1S/C13H17NO4S/c1-2-19(17,18)11-7-5-10(6-8-11)14-9-3-4-12(14)13(15)16/h5-8,12H,2-4,9H2,1H3,(H,15,16)/t12-/m0/s1. The molecule has 1 aliphatic rings. The highest BCUT2D eigenvalue weighted by atomic mass is 32.2. The molecule has 1 aromatic carbocycles. The molecule has 0 aromatic heterocycles. The minimum atomic E-state index is -3.20. The van der Waals surface area contributed by atoms with E-state index in [0.29, 0.717) is 13.0 Å². The minimum absolute atomic E-state index is 0.0633. The molecule has 0 amide bonds. The molecule has 6 heteroatoms. The number of rotatable bonds is 4. The molecule has 0 aliphatic carbocycles. The summed E-state index contributed by atoms with van der Waals surface area (Å²) in [5, 5.41) is 9.13. The topological polar surface area (TPSA) is 74.7 Å². The lowest BCUT2D eigenvalue weighted by Gasteiger charge is -2.23. The van der Waals surface area contributed by atoms with Crippen LogP contribution in [0.3, 0.4) is 0 Å². The van der Waals surface area contributed by atoms with E-state index in [1.165, 1.54) is 0 Å². The average Bonchev–Trinajstić information content (AvgIpc) is 2.88. The molecule has 0 unspecified atom stereocenters. The van der Waals surface area contributed by atoms with Crippen LogP contribution < -0.4 is 4.90 Å². The van der Waals surface area contributed by atoms with Gasteiger partial charge in [-0.2, -0.15) is 0 Å². The number of carbonyl (C=O) groups is 1. The van der Waals surface area contributed by atoms with Gasteiger partial charge in [0.2, 0.25) is 0 Å². The van der Waals surface area contributed by atoms with E-state index >= 15 is 0 Å². The van der Waals surface area contributed by atoms with Gasteiger partial charge < -0.3 is 10.0 Å². The Balaban J connectivity index is 2.26. The smallest absolute Gasteiger partial charge is 0.326 e. The van der Waals surface area contributed by atoms with Crippen LogP contribution in [0.2, 0.25) is 0 Å². The van der Waals surface area contributed by atoms with Gasteiger partial charge in [0.05, 0.1) is 10.6 Å². The average molecular weight is 283 g/mol. The van der Waals surface area contributed by atoms with Crippen molar-refractivity contribution in [2.45, 2.75) is 30.7 Å². The zero-order valence-electron chi connectivity index (χ0n) is 10.7. The minimum Gasteiger partial charge on any atom is -0.480 e. The maximum atomic E-state index is 11.7. The number of carboxylic acids is 1. The molecule has 1 atom stereocenters. The van der Waals surface area contributed by atoms with Gasteiger partial charge in [-0.15, -0.1) is 0 Å². The molecule has 1 heterocycles. The molecule has 0 bridgehead atoms. The molecular formula is C13H17NO4S. The summed E-state index contributed by atoms with van der Waals surface area (Å²) in [4.78, 5) is 13.2. The number of hydrogen-bond donors (Lipinski definition) is 1. The highest BCUT2D eigenvalue weighted by Crippen LogP contribution is 2.26. The largest absolute Gasteiger partial charge is 0.480 e. The quantitative estimate of drug-likeness (QED) is 0.907. The Labute approximate surface area is 112 Å². The predicted molar refractivity (Wildman–Crippen MR) is 72.2 cm³/mol. The van der Waals surface area contributed by atoms with Crippen LogP contribution in [-0.4, -0.2) is 37.8 Å². The van der Waals surface area contributed by atoms with E-state index in [1.54, 1.807) is 31.2 Å². The number of sulfone groups is 1. The maximum Gasteiger partial charge on any atom is 0.326 e. The zero-order chi connectivity index (χ0) is 14.0. The summed E-state index contributed by atoms with van der Waals surface area (Å²) in [6, 6.07) is 5.96. The summed E-state index contributed by atoms with van der Waals surface area (Å²) in [6.07, 6.45) is 1.47.